The molecule has 59 valence electrons. The topological polar surface area (TPSA) is 25.8 Å². The van der Waals surface area contributed by atoms with Gasteiger partial charge in [-0.05, 0) is 12.3 Å². The molecule has 0 amide bonds. The van der Waals surface area contributed by atoms with Gasteiger partial charge >= 0.3 is 0 Å². The van der Waals surface area contributed by atoms with Crippen LogP contribution in [0.3, 0.4) is 0 Å². The molecule has 2 nitrogen and oxygen atoms in total. The number of aromatic nitrogens is 2. The maximum atomic E-state index is 4.21. The minimum atomic E-state index is 0.476. The van der Waals surface area contributed by atoms with Crippen LogP contribution in [-0.4, -0.2) is 9.97 Å². The molecule has 0 N–H and O–H groups in total. The van der Waals surface area contributed by atoms with Crippen LogP contribution in [0.1, 0.15) is 37.9 Å². The van der Waals surface area contributed by atoms with Gasteiger partial charge in [0.2, 0.25) is 0 Å². The van der Waals surface area contributed by atoms with Gasteiger partial charge in [0.15, 0.2) is 0 Å². The fraction of sp³-hybridized carbons (Fsp3) is 0.556. The van der Waals surface area contributed by atoms with Gasteiger partial charge in [-0.1, -0.05) is 20.8 Å². The molecule has 1 aromatic rings. The van der Waals surface area contributed by atoms with E-state index in [2.05, 4.69) is 36.9 Å². The van der Waals surface area contributed by atoms with Gasteiger partial charge in [-0.2, -0.15) is 0 Å². The minimum Gasteiger partial charge on any atom is -0.241 e. The van der Waals surface area contributed by atoms with Crippen molar-refractivity contribution >= 4 is 0 Å². The van der Waals surface area contributed by atoms with Crippen molar-refractivity contribution in [3.05, 3.63) is 23.8 Å². The molecular weight excluding hydrogens is 136 g/mol. The van der Waals surface area contributed by atoms with E-state index in [-0.39, 0.29) is 0 Å². The molecule has 0 aliphatic heterocycles. The van der Waals surface area contributed by atoms with Gasteiger partial charge < -0.3 is 0 Å². The van der Waals surface area contributed by atoms with Crippen LogP contribution < -0.4 is 0 Å². The van der Waals surface area contributed by atoms with Crippen molar-refractivity contribution in [3.63, 3.8) is 0 Å². The summed E-state index contributed by atoms with van der Waals surface area (Å²) >= 11 is 0. The van der Waals surface area contributed by atoms with Crippen LogP contribution >= 0.6 is 0 Å². The predicted molar refractivity (Wildman–Crippen MR) is 44.3 cm³/mol. The standard InChI is InChI=1S/C9H13N2/c1-4-8-5-10-6-11-9(8)7(2)3/h6-7H,4H2,1-3H3. The Hall–Kier alpha value is -0.920. The normalized spacial score (nSPS) is 10.5. The van der Waals surface area contributed by atoms with Crippen molar-refractivity contribution in [1.29, 1.82) is 0 Å². The first kappa shape index (κ1) is 8.18. The van der Waals surface area contributed by atoms with Crippen LogP contribution in [0.4, 0.5) is 0 Å². The highest BCUT2D eigenvalue weighted by atomic mass is 14.8. The molecule has 0 fully saturated rings. The number of hydrogen-bond acceptors (Lipinski definition) is 2. The molecule has 0 bridgehead atoms. The number of rotatable bonds is 2. The summed E-state index contributed by atoms with van der Waals surface area (Å²) in [5, 5.41) is 0. The molecule has 0 saturated carbocycles. The lowest BCUT2D eigenvalue weighted by Gasteiger charge is -2.07. The average molecular weight is 149 g/mol. The van der Waals surface area contributed by atoms with Crippen molar-refractivity contribution in [1.82, 2.24) is 9.97 Å². The van der Waals surface area contributed by atoms with E-state index in [9.17, 15) is 0 Å². The summed E-state index contributed by atoms with van der Waals surface area (Å²) in [6.07, 6.45) is 5.49. The van der Waals surface area contributed by atoms with Crippen LogP contribution in [0.2, 0.25) is 0 Å². The molecule has 0 saturated heterocycles. The smallest absolute Gasteiger partial charge is 0.116 e. The molecule has 0 spiro atoms. The van der Waals surface area contributed by atoms with E-state index in [1.165, 1.54) is 0 Å². The summed E-state index contributed by atoms with van der Waals surface area (Å²) in [6, 6.07) is 0. The Labute approximate surface area is 67.7 Å². The molecule has 0 atom stereocenters. The first-order chi connectivity index (χ1) is 5.25. The van der Waals surface area contributed by atoms with Crippen molar-refractivity contribution < 1.29 is 0 Å². The fourth-order valence-electron chi connectivity index (χ4n) is 1.09. The van der Waals surface area contributed by atoms with Gasteiger partial charge in [0.1, 0.15) is 6.33 Å². The highest BCUT2D eigenvalue weighted by molar-refractivity contribution is 5.17. The SMILES string of the molecule is CCc1[c]ncnc1C(C)C. The van der Waals surface area contributed by atoms with E-state index >= 15 is 0 Å². The van der Waals surface area contributed by atoms with Crippen LogP contribution in [0, 0.1) is 6.20 Å². The Morgan fingerprint density at radius 1 is 1.55 bits per heavy atom. The molecule has 0 aromatic carbocycles. The highest BCUT2D eigenvalue weighted by Gasteiger charge is 2.05. The molecule has 0 unspecified atom stereocenters. The van der Waals surface area contributed by atoms with Crippen LogP contribution in [0.15, 0.2) is 6.33 Å². The van der Waals surface area contributed by atoms with Crippen molar-refractivity contribution in [2.45, 2.75) is 33.1 Å². The van der Waals surface area contributed by atoms with Crippen LogP contribution in [0.25, 0.3) is 0 Å². The summed E-state index contributed by atoms with van der Waals surface area (Å²) in [5.74, 6) is 0.476. The lowest BCUT2D eigenvalue weighted by Crippen LogP contribution is -1.99. The number of aryl methyl sites for hydroxylation is 1. The third-order valence-corrected chi connectivity index (χ3v) is 1.66. The van der Waals surface area contributed by atoms with E-state index in [1.54, 1.807) is 6.33 Å². The summed E-state index contributed by atoms with van der Waals surface area (Å²) in [4.78, 5) is 8.07. The number of nitrogens with zero attached hydrogens (tertiary/aromatic N) is 2. The molecule has 0 aliphatic rings. The summed E-state index contributed by atoms with van der Waals surface area (Å²) in [5.41, 5.74) is 2.27. The Bertz CT molecular complexity index is 231. The van der Waals surface area contributed by atoms with Crippen molar-refractivity contribution in [2.24, 2.45) is 0 Å². The minimum absolute atomic E-state index is 0.476. The Balaban J connectivity index is 3.02. The zero-order valence-corrected chi connectivity index (χ0v) is 7.26. The summed E-state index contributed by atoms with van der Waals surface area (Å²) < 4.78 is 0. The maximum Gasteiger partial charge on any atom is 0.116 e. The van der Waals surface area contributed by atoms with Gasteiger partial charge in [0, 0.05) is 5.56 Å². The second-order valence-corrected chi connectivity index (χ2v) is 2.86. The predicted octanol–water partition coefficient (Wildman–Crippen LogP) is 1.96. The van der Waals surface area contributed by atoms with Gasteiger partial charge in [0.05, 0.1) is 11.9 Å². The molecule has 2 heteroatoms. The monoisotopic (exact) mass is 149 g/mol. The van der Waals surface area contributed by atoms with E-state index in [1.807, 2.05) is 0 Å². The van der Waals surface area contributed by atoms with Crippen molar-refractivity contribution in [2.75, 3.05) is 0 Å². The van der Waals surface area contributed by atoms with Gasteiger partial charge in [-0.15, -0.1) is 0 Å². The third-order valence-electron chi connectivity index (χ3n) is 1.66. The maximum absolute atomic E-state index is 4.21. The molecular formula is C9H13N2. The Kier molecular flexibility index (Phi) is 2.58. The molecule has 1 rings (SSSR count). The quantitative estimate of drug-likeness (QED) is 0.642. The molecule has 11 heavy (non-hydrogen) atoms. The lowest BCUT2D eigenvalue weighted by atomic mass is 10.0. The Morgan fingerprint density at radius 3 is 2.73 bits per heavy atom. The first-order valence-electron chi connectivity index (χ1n) is 3.97. The summed E-state index contributed by atoms with van der Waals surface area (Å²) in [7, 11) is 0. The van der Waals surface area contributed by atoms with E-state index in [0.29, 0.717) is 5.92 Å². The average Bonchev–Trinajstić information content (AvgIpc) is 2.04. The first-order valence-corrected chi connectivity index (χ1v) is 3.97. The largest absolute Gasteiger partial charge is 0.241 e. The van der Waals surface area contributed by atoms with Gasteiger partial charge in [0.25, 0.3) is 0 Å². The Morgan fingerprint density at radius 2 is 2.27 bits per heavy atom. The van der Waals surface area contributed by atoms with E-state index in [4.69, 9.17) is 0 Å². The molecule has 1 heterocycles. The molecule has 0 aliphatic carbocycles. The van der Waals surface area contributed by atoms with Gasteiger partial charge in [-0.3, -0.25) is 0 Å². The second kappa shape index (κ2) is 3.46. The molecule has 1 radical (unpaired) electrons. The van der Waals surface area contributed by atoms with E-state index < -0.39 is 0 Å². The lowest BCUT2D eigenvalue weighted by molar-refractivity contribution is 0.787. The third kappa shape index (κ3) is 1.76. The summed E-state index contributed by atoms with van der Waals surface area (Å²) in [6.45, 7) is 6.37. The van der Waals surface area contributed by atoms with E-state index in [0.717, 1.165) is 17.7 Å². The highest BCUT2D eigenvalue weighted by Crippen LogP contribution is 2.14. The van der Waals surface area contributed by atoms with Crippen LogP contribution in [0.5, 0.6) is 0 Å². The zero-order chi connectivity index (χ0) is 8.27. The second-order valence-electron chi connectivity index (χ2n) is 2.86. The van der Waals surface area contributed by atoms with Gasteiger partial charge in [-0.25, -0.2) is 9.97 Å². The van der Waals surface area contributed by atoms with Crippen LogP contribution in [-0.2, 0) is 6.42 Å². The number of hydrogen-bond donors (Lipinski definition) is 0. The van der Waals surface area contributed by atoms with Crippen molar-refractivity contribution in [3.8, 4) is 0 Å². The zero-order valence-electron chi connectivity index (χ0n) is 7.26. The fourth-order valence-corrected chi connectivity index (χ4v) is 1.09. The molecule has 1 aromatic heterocycles.